The van der Waals surface area contributed by atoms with Gasteiger partial charge in [0, 0.05) is 6.61 Å². The van der Waals surface area contributed by atoms with Crippen molar-refractivity contribution in [2.75, 3.05) is 6.61 Å². The number of allylic oxidation sites excluding steroid dienone is 1. The summed E-state index contributed by atoms with van der Waals surface area (Å²) in [6.45, 7) is 15.3. The van der Waals surface area contributed by atoms with Crippen molar-refractivity contribution < 1.29 is 9.16 Å². The molecule has 1 aromatic carbocycles. The average Bonchev–Trinajstić information content (AvgIpc) is 2.64. The molecule has 0 unspecified atom stereocenters. The minimum Gasteiger partial charge on any atom is -0.414 e. The summed E-state index contributed by atoms with van der Waals surface area (Å²) >= 11 is 0. The molecule has 1 rings (SSSR count). The van der Waals surface area contributed by atoms with E-state index in [0.717, 1.165) is 19.4 Å². The zero-order valence-corrected chi connectivity index (χ0v) is 20.3. The van der Waals surface area contributed by atoms with Crippen LogP contribution in [0, 0.1) is 0 Å². The Kier molecular flexibility index (Phi) is 12.0. The summed E-state index contributed by atoms with van der Waals surface area (Å²) in [7, 11) is -1.77. The Hall–Kier alpha value is -0.903. The van der Waals surface area contributed by atoms with Gasteiger partial charge in [0.05, 0.1) is 12.7 Å². The van der Waals surface area contributed by atoms with Crippen molar-refractivity contribution in [1.29, 1.82) is 0 Å². The van der Waals surface area contributed by atoms with Crippen LogP contribution in [0.2, 0.25) is 18.1 Å². The van der Waals surface area contributed by atoms with E-state index in [0.29, 0.717) is 6.61 Å². The normalized spacial score (nSPS) is 13.9. The van der Waals surface area contributed by atoms with E-state index in [1.165, 1.54) is 37.7 Å². The van der Waals surface area contributed by atoms with Gasteiger partial charge in [-0.05, 0) is 49.4 Å². The second-order valence-corrected chi connectivity index (χ2v) is 14.1. The SMILES string of the molecule is CCCCCC/C=C/C[C@H](CCOCc1ccccc1)O[Si](C)(C)C(C)(C)C. The quantitative estimate of drug-likeness (QED) is 0.178. The van der Waals surface area contributed by atoms with Gasteiger partial charge in [-0.1, -0.05) is 89.4 Å². The zero-order chi connectivity index (χ0) is 20.9. The van der Waals surface area contributed by atoms with Crippen LogP contribution in [0.3, 0.4) is 0 Å². The Bertz CT molecular complexity index is 531. The van der Waals surface area contributed by atoms with Crippen molar-refractivity contribution in [3.05, 3.63) is 48.0 Å². The molecule has 0 aromatic heterocycles. The maximum Gasteiger partial charge on any atom is 0.192 e. The monoisotopic (exact) mass is 404 g/mol. The van der Waals surface area contributed by atoms with Crippen molar-refractivity contribution >= 4 is 8.32 Å². The molecule has 0 saturated carbocycles. The predicted molar refractivity (Wildman–Crippen MR) is 125 cm³/mol. The second-order valence-electron chi connectivity index (χ2n) is 9.38. The van der Waals surface area contributed by atoms with Crippen LogP contribution in [-0.4, -0.2) is 21.0 Å². The summed E-state index contributed by atoms with van der Waals surface area (Å²) in [5.74, 6) is 0. The van der Waals surface area contributed by atoms with Crippen molar-refractivity contribution in [2.24, 2.45) is 0 Å². The lowest BCUT2D eigenvalue weighted by molar-refractivity contribution is 0.0783. The molecule has 0 radical (unpaired) electrons. The largest absolute Gasteiger partial charge is 0.414 e. The predicted octanol–water partition coefficient (Wildman–Crippen LogP) is 7.90. The molecule has 0 amide bonds. The van der Waals surface area contributed by atoms with Crippen LogP contribution < -0.4 is 0 Å². The molecule has 0 heterocycles. The molecule has 0 aliphatic carbocycles. The van der Waals surface area contributed by atoms with Gasteiger partial charge < -0.3 is 9.16 Å². The van der Waals surface area contributed by atoms with Gasteiger partial charge in [-0.3, -0.25) is 0 Å². The summed E-state index contributed by atoms with van der Waals surface area (Å²) in [6, 6.07) is 10.4. The third-order valence-electron chi connectivity index (χ3n) is 5.75. The van der Waals surface area contributed by atoms with Gasteiger partial charge in [0.25, 0.3) is 0 Å². The van der Waals surface area contributed by atoms with Crippen LogP contribution in [0.15, 0.2) is 42.5 Å². The van der Waals surface area contributed by atoms with Gasteiger partial charge >= 0.3 is 0 Å². The minimum atomic E-state index is -1.77. The molecule has 0 spiro atoms. The van der Waals surface area contributed by atoms with Gasteiger partial charge in [0.15, 0.2) is 8.32 Å². The Morgan fingerprint density at radius 1 is 1.00 bits per heavy atom. The van der Waals surface area contributed by atoms with Gasteiger partial charge in [0.2, 0.25) is 0 Å². The fraction of sp³-hybridized carbons (Fsp3) is 0.680. The van der Waals surface area contributed by atoms with E-state index in [4.69, 9.17) is 9.16 Å². The number of hydrogen-bond donors (Lipinski definition) is 0. The lowest BCUT2D eigenvalue weighted by Gasteiger charge is -2.39. The lowest BCUT2D eigenvalue weighted by atomic mass is 10.1. The minimum absolute atomic E-state index is 0.236. The van der Waals surface area contributed by atoms with Crippen LogP contribution >= 0.6 is 0 Å². The van der Waals surface area contributed by atoms with E-state index in [2.05, 4.69) is 77.2 Å². The second kappa shape index (κ2) is 13.3. The topological polar surface area (TPSA) is 18.5 Å². The smallest absolute Gasteiger partial charge is 0.192 e. The van der Waals surface area contributed by atoms with Crippen molar-refractivity contribution in [3.63, 3.8) is 0 Å². The zero-order valence-electron chi connectivity index (χ0n) is 19.3. The third-order valence-corrected chi connectivity index (χ3v) is 10.3. The van der Waals surface area contributed by atoms with Crippen molar-refractivity contribution in [1.82, 2.24) is 0 Å². The molecule has 1 aromatic rings. The lowest BCUT2D eigenvalue weighted by Crippen LogP contribution is -2.44. The van der Waals surface area contributed by atoms with Gasteiger partial charge in [-0.2, -0.15) is 0 Å². The summed E-state index contributed by atoms with van der Waals surface area (Å²) in [4.78, 5) is 0. The van der Waals surface area contributed by atoms with Crippen LogP contribution in [-0.2, 0) is 15.8 Å². The first kappa shape index (κ1) is 25.1. The Balaban J connectivity index is 2.48. The molecule has 28 heavy (non-hydrogen) atoms. The molecule has 0 bridgehead atoms. The number of unbranched alkanes of at least 4 members (excludes halogenated alkanes) is 4. The highest BCUT2D eigenvalue weighted by atomic mass is 28.4. The Morgan fingerprint density at radius 3 is 2.36 bits per heavy atom. The van der Waals surface area contributed by atoms with E-state index in [1.807, 2.05) is 6.07 Å². The van der Waals surface area contributed by atoms with E-state index >= 15 is 0 Å². The van der Waals surface area contributed by atoms with Gasteiger partial charge in [0.1, 0.15) is 0 Å². The maximum atomic E-state index is 6.71. The van der Waals surface area contributed by atoms with Crippen LogP contribution in [0.25, 0.3) is 0 Å². The highest BCUT2D eigenvalue weighted by Gasteiger charge is 2.38. The molecule has 160 valence electrons. The molecule has 1 atom stereocenters. The number of ether oxygens (including phenoxy) is 1. The van der Waals surface area contributed by atoms with E-state index in [9.17, 15) is 0 Å². The molecule has 0 aliphatic rings. The van der Waals surface area contributed by atoms with Crippen LogP contribution in [0.1, 0.15) is 78.2 Å². The van der Waals surface area contributed by atoms with E-state index in [-0.39, 0.29) is 11.1 Å². The Morgan fingerprint density at radius 2 is 1.71 bits per heavy atom. The molecule has 2 nitrogen and oxygen atoms in total. The van der Waals surface area contributed by atoms with Crippen LogP contribution in [0.4, 0.5) is 0 Å². The first-order valence-electron chi connectivity index (χ1n) is 11.2. The Labute approximate surface area is 175 Å². The van der Waals surface area contributed by atoms with E-state index < -0.39 is 8.32 Å². The third kappa shape index (κ3) is 10.6. The average molecular weight is 405 g/mol. The number of benzene rings is 1. The first-order valence-corrected chi connectivity index (χ1v) is 14.1. The number of hydrogen-bond acceptors (Lipinski definition) is 2. The summed E-state index contributed by atoms with van der Waals surface area (Å²) in [6.07, 6.45) is 13.4. The standard InChI is InChI=1S/C25H44O2Si/c1-7-8-9-10-11-12-16-19-24(27-28(5,6)25(2,3)4)20-21-26-22-23-17-14-13-15-18-23/h12-18,24H,7-11,19-22H2,1-6H3/b16-12+/t24-/m1/s1. The highest BCUT2D eigenvalue weighted by molar-refractivity contribution is 6.74. The molecule has 0 saturated heterocycles. The van der Waals surface area contributed by atoms with E-state index in [1.54, 1.807) is 0 Å². The van der Waals surface area contributed by atoms with Gasteiger partial charge in [-0.25, -0.2) is 0 Å². The summed E-state index contributed by atoms with van der Waals surface area (Å²) in [5, 5.41) is 0.236. The van der Waals surface area contributed by atoms with Crippen LogP contribution in [0.5, 0.6) is 0 Å². The molecule has 0 fully saturated rings. The number of rotatable bonds is 14. The molecule has 0 aliphatic heterocycles. The fourth-order valence-corrected chi connectivity index (χ4v) is 4.25. The van der Waals surface area contributed by atoms with Gasteiger partial charge in [-0.15, -0.1) is 0 Å². The first-order chi connectivity index (χ1) is 13.3. The van der Waals surface area contributed by atoms with Crippen molar-refractivity contribution in [2.45, 2.75) is 103 Å². The molecule has 3 heteroatoms. The summed E-state index contributed by atoms with van der Waals surface area (Å²) < 4.78 is 12.6. The fourth-order valence-electron chi connectivity index (χ4n) is 2.85. The molecular weight excluding hydrogens is 360 g/mol. The summed E-state index contributed by atoms with van der Waals surface area (Å²) in [5.41, 5.74) is 1.23. The maximum absolute atomic E-state index is 6.71. The molecule has 0 N–H and O–H groups in total. The molecular formula is C25H44O2Si. The van der Waals surface area contributed by atoms with Crippen molar-refractivity contribution in [3.8, 4) is 0 Å². The highest BCUT2D eigenvalue weighted by Crippen LogP contribution is 2.38.